The van der Waals surface area contributed by atoms with Crippen LogP contribution in [0, 0.1) is 0 Å². The van der Waals surface area contributed by atoms with E-state index in [1.54, 1.807) is 6.20 Å². The van der Waals surface area contributed by atoms with Gasteiger partial charge in [-0.3, -0.25) is 4.79 Å². The van der Waals surface area contributed by atoms with Crippen molar-refractivity contribution in [3.63, 3.8) is 0 Å². The molecule has 0 radical (unpaired) electrons. The van der Waals surface area contributed by atoms with Gasteiger partial charge in [0.05, 0.1) is 8.07 Å². The van der Waals surface area contributed by atoms with Gasteiger partial charge >= 0.3 is 6.01 Å². The topological polar surface area (TPSA) is 75.1 Å². The molecule has 0 aliphatic carbocycles. The number of hydrogen-bond donors (Lipinski definition) is 2. The van der Waals surface area contributed by atoms with E-state index in [2.05, 4.69) is 36.1 Å². The predicted octanol–water partition coefficient (Wildman–Crippen LogP) is 1.86. The van der Waals surface area contributed by atoms with E-state index in [-0.39, 0.29) is 11.9 Å². The normalized spacial score (nSPS) is 11.3. The fourth-order valence-electron chi connectivity index (χ4n) is 2.34. The van der Waals surface area contributed by atoms with Gasteiger partial charge in [0.1, 0.15) is 5.82 Å². The Kier molecular flexibility index (Phi) is 4.83. The maximum atomic E-state index is 11.2. The van der Waals surface area contributed by atoms with E-state index in [1.165, 1.54) is 6.92 Å². The van der Waals surface area contributed by atoms with Gasteiger partial charge in [-0.25, -0.2) is 4.98 Å². The molecule has 6 heteroatoms. The Hall–Kier alpha value is -1.43. The number of rotatable bonds is 5. The lowest BCUT2D eigenvalue weighted by Crippen LogP contribution is -2.47. The molecule has 0 fully saturated rings. The highest BCUT2D eigenvalue weighted by molar-refractivity contribution is 6.92. The molecule has 0 aromatic carbocycles. The second kappa shape index (κ2) is 5.95. The van der Waals surface area contributed by atoms with Gasteiger partial charge in [-0.1, -0.05) is 38.9 Å². The minimum absolute atomic E-state index is 0.180. The smallest absolute Gasteiger partial charge is 0.315 e. The Morgan fingerprint density at radius 3 is 2.33 bits per heavy atom. The molecule has 1 rings (SSSR count). The highest BCUT2D eigenvalue weighted by Gasteiger charge is 2.33. The van der Waals surface area contributed by atoms with Gasteiger partial charge in [0.15, 0.2) is 0 Å². The second-order valence-corrected chi connectivity index (χ2v) is 9.68. The molecule has 2 N–H and O–H groups in total. The van der Waals surface area contributed by atoms with Crippen molar-refractivity contribution in [1.82, 2.24) is 9.97 Å². The minimum atomic E-state index is -1.68. The van der Waals surface area contributed by atoms with Gasteiger partial charge in [0.2, 0.25) is 5.91 Å². The predicted molar refractivity (Wildman–Crippen MR) is 74.8 cm³/mol. The fraction of sp³-hybridized carbons (Fsp3) is 0.583. The van der Waals surface area contributed by atoms with Crippen LogP contribution in [-0.2, 0) is 4.79 Å². The summed E-state index contributed by atoms with van der Waals surface area (Å²) in [7, 11) is -1.68. The number of carbonyl (C=O) groups is 1. The van der Waals surface area contributed by atoms with Crippen LogP contribution in [0.5, 0.6) is 6.01 Å². The molecule has 0 saturated heterocycles. The monoisotopic (exact) mass is 267 g/mol. The Labute approximate surface area is 109 Å². The second-order valence-electron chi connectivity index (χ2n) is 4.45. The highest BCUT2D eigenvalue weighted by Crippen LogP contribution is 2.23. The summed E-state index contributed by atoms with van der Waals surface area (Å²) in [4.78, 5) is 19.1. The summed E-state index contributed by atoms with van der Waals surface area (Å²) in [6.07, 6.45) is 1.68. The molecule has 1 aromatic rings. The number of nitrogens with one attached hydrogen (secondary N) is 1. The molecule has 0 unspecified atom stereocenters. The van der Waals surface area contributed by atoms with Crippen molar-refractivity contribution in [2.24, 2.45) is 0 Å². The molecule has 0 aliphatic heterocycles. The molecule has 0 aliphatic rings. The number of amides is 1. The lowest BCUT2D eigenvalue weighted by Gasteiger charge is -2.29. The molecule has 0 spiro atoms. The molecule has 1 aromatic heterocycles. The van der Waals surface area contributed by atoms with Gasteiger partial charge in [-0.2, -0.15) is 4.98 Å². The first-order valence-corrected chi connectivity index (χ1v) is 8.95. The number of hydrogen-bond acceptors (Lipinski definition) is 4. The standard InChI is InChI=1S/C12H21N3O2Si/c1-5-18(6-2,7-3)10-8-13-12(17)15-11(10)14-9(4)16/h8H,5-7H2,1-4H3,(H2,13,14,15,16,17). The van der Waals surface area contributed by atoms with Gasteiger partial charge in [-0.15, -0.1) is 0 Å². The number of carbonyl (C=O) groups excluding carboxylic acids is 1. The van der Waals surface area contributed by atoms with Crippen molar-refractivity contribution >= 4 is 25.0 Å². The van der Waals surface area contributed by atoms with Gasteiger partial charge < -0.3 is 10.4 Å². The van der Waals surface area contributed by atoms with Gasteiger partial charge in [0, 0.05) is 18.3 Å². The number of anilines is 1. The summed E-state index contributed by atoms with van der Waals surface area (Å²) in [6, 6.07) is 2.91. The molecule has 0 atom stereocenters. The van der Waals surface area contributed by atoms with Crippen LogP contribution in [-0.4, -0.2) is 29.1 Å². The maximum absolute atomic E-state index is 11.2. The molecule has 0 bridgehead atoms. The van der Waals surface area contributed by atoms with E-state index in [9.17, 15) is 9.90 Å². The number of aromatic hydroxyl groups is 1. The van der Waals surface area contributed by atoms with Gasteiger partial charge in [-0.05, 0) is 0 Å². The van der Waals surface area contributed by atoms with Gasteiger partial charge in [0.25, 0.3) is 0 Å². The first kappa shape index (κ1) is 14.6. The lowest BCUT2D eigenvalue weighted by molar-refractivity contribution is -0.114. The van der Waals surface area contributed by atoms with E-state index in [4.69, 9.17) is 0 Å². The molecule has 1 heterocycles. The van der Waals surface area contributed by atoms with Crippen LogP contribution in [0.25, 0.3) is 0 Å². The van der Waals surface area contributed by atoms with Crippen molar-refractivity contribution in [2.75, 3.05) is 5.32 Å². The van der Waals surface area contributed by atoms with E-state index < -0.39 is 8.07 Å². The van der Waals surface area contributed by atoms with E-state index >= 15 is 0 Å². The summed E-state index contributed by atoms with van der Waals surface area (Å²) >= 11 is 0. The van der Waals surface area contributed by atoms with Crippen molar-refractivity contribution < 1.29 is 9.90 Å². The van der Waals surface area contributed by atoms with Crippen LogP contribution in [0.2, 0.25) is 18.1 Å². The van der Waals surface area contributed by atoms with Crippen molar-refractivity contribution in [3.05, 3.63) is 6.20 Å². The Balaban J connectivity index is 3.33. The maximum Gasteiger partial charge on any atom is 0.315 e. The van der Waals surface area contributed by atoms with Crippen LogP contribution in [0.1, 0.15) is 27.7 Å². The average Bonchev–Trinajstić information content (AvgIpc) is 2.33. The molecular formula is C12H21N3O2Si. The summed E-state index contributed by atoms with van der Waals surface area (Å²) in [6.45, 7) is 7.95. The van der Waals surface area contributed by atoms with Crippen molar-refractivity contribution in [3.8, 4) is 6.01 Å². The Morgan fingerprint density at radius 1 is 1.33 bits per heavy atom. The van der Waals surface area contributed by atoms with E-state index in [0.717, 1.165) is 23.3 Å². The number of aromatic nitrogens is 2. The molecule has 1 amide bonds. The third-order valence-corrected chi connectivity index (χ3v) is 9.24. The SMILES string of the molecule is CC[Si](CC)(CC)c1cnc(O)nc1NC(C)=O. The van der Waals surface area contributed by atoms with Crippen LogP contribution in [0.15, 0.2) is 6.20 Å². The van der Waals surface area contributed by atoms with E-state index in [1.807, 2.05) is 0 Å². The van der Waals surface area contributed by atoms with Crippen molar-refractivity contribution in [2.45, 2.75) is 45.8 Å². The average molecular weight is 267 g/mol. The summed E-state index contributed by atoms with van der Waals surface area (Å²) in [5.41, 5.74) is 0. The zero-order valence-electron chi connectivity index (χ0n) is 11.4. The molecule has 5 nitrogen and oxygen atoms in total. The summed E-state index contributed by atoms with van der Waals surface area (Å²) < 4.78 is 0. The van der Waals surface area contributed by atoms with Crippen LogP contribution in [0.4, 0.5) is 5.82 Å². The fourth-order valence-corrected chi connectivity index (χ4v) is 5.95. The zero-order chi connectivity index (χ0) is 13.8. The minimum Gasteiger partial charge on any atom is -0.479 e. The molecular weight excluding hydrogens is 246 g/mol. The van der Waals surface area contributed by atoms with Crippen molar-refractivity contribution in [1.29, 1.82) is 0 Å². The van der Waals surface area contributed by atoms with Crippen LogP contribution < -0.4 is 10.5 Å². The molecule has 0 saturated carbocycles. The first-order valence-electron chi connectivity index (χ1n) is 6.33. The zero-order valence-corrected chi connectivity index (χ0v) is 12.4. The molecule has 100 valence electrons. The highest BCUT2D eigenvalue weighted by atomic mass is 28.3. The largest absolute Gasteiger partial charge is 0.479 e. The quantitative estimate of drug-likeness (QED) is 0.798. The van der Waals surface area contributed by atoms with Crippen LogP contribution >= 0.6 is 0 Å². The first-order chi connectivity index (χ1) is 8.49. The van der Waals surface area contributed by atoms with Crippen LogP contribution in [0.3, 0.4) is 0 Å². The van der Waals surface area contributed by atoms with E-state index in [0.29, 0.717) is 5.82 Å². The summed E-state index contributed by atoms with van der Waals surface area (Å²) in [5, 5.41) is 13.1. The summed E-state index contributed by atoms with van der Waals surface area (Å²) in [5.74, 6) is 0.299. The lowest BCUT2D eigenvalue weighted by atomic mass is 10.5. The Morgan fingerprint density at radius 2 is 1.89 bits per heavy atom. The number of nitrogens with zero attached hydrogens (tertiary/aromatic N) is 2. The third-order valence-electron chi connectivity index (χ3n) is 3.67. The third kappa shape index (κ3) is 2.87. The Bertz CT molecular complexity index is 425. The molecule has 18 heavy (non-hydrogen) atoms.